The normalized spacial score (nSPS) is 17.3. The third-order valence-corrected chi connectivity index (χ3v) is 3.75. The third kappa shape index (κ3) is 2.66. The number of carbonyl (C=O) groups is 2. The van der Waals surface area contributed by atoms with Gasteiger partial charge in [-0.25, -0.2) is 9.18 Å². The standard InChI is InChI=1S/C15H18FNO3/c1-2-5-12(13(18)19)17-14(20)15(8-9-15)10-6-3-4-7-11(10)16/h3-4,6-7,12H,2,5,8-9H2,1H3,(H,17,20)(H,18,19). The largest absolute Gasteiger partial charge is 0.480 e. The summed E-state index contributed by atoms with van der Waals surface area (Å²) in [6.45, 7) is 1.85. The first kappa shape index (κ1) is 14.5. The van der Waals surface area contributed by atoms with Crippen LogP contribution >= 0.6 is 0 Å². The first-order valence-corrected chi connectivity index (χ1v) is 6.80. The minimum absolute atomic E-state index is 0.359. The Bertz CT molecular complexity index is 526. The Hall–Kier alpha value is -1.91. The fraction of sp³-hybridized carbons (Fsp3) is 0.467. The molecular formula is C15H18FNO3. The molecule has 0 aliphatic heterocycles. The summed E-state index contributed by atoms with van der Waals surface area (Å²) in [5.74, 6) is -1.85. The predicted molar refractivity (Wildman–Crippen MR) is 71.8 cm³/mol. The summed E-state index contributed by atoms with van der Waals surface area (Å²) in [4.78, 5) is 23.4. The van der Waals surface area contributed by atoms with Gasteiger partial charge in [0.2, 0.25) is 5.91 Å². The third-order valence-electron chi connectivity index (χ3n) is 3.75. The van der Waals surface area contributed by atoms with E-state index in [2.05, 4.69) is 5.32 Å². The van der Waals surface area contributed by atoms with E-state index < -0.39 is 23.2 Å². The van der Waals surface area contributed by atoms with Crippen LogP contribution in [0.25, 0.3) is 0 Å². The molecule has 1 aliphatic carbocycles. The average molecular weight is 279 g/mol. The van der Waals surface area contributed by atoms with Gasteiger partial charge < -0.3 is 10.4 Å². The highest BCUT2D eigenvalue weighted by atomic mass is 19.1. The lowest BCUT2D eigenvalue weighted by Crippen LogP contribution is -2.45. The molecule has 108 valence electrons. The maximum Gasteiger partial charge on any atom is 0.326 e. The molecule has 0 spiro atoms. The molecule has 1 aromatic rings. The number of carbonyl (C=O) groups excluding carboxylic acids is 1. The second-order valence-electron chi connectivity index (χ2n) is 5.21. The lowest BCUT2D eigenvalue weighted by Gasteiger charge is -2.20. The van der Waals surface area contributed by atoms with Gasteiger partial charge in [0, 0.05) is 5.56 Å². The molecule has 0 heterocycles. The number of aliphatic carboxylic acids is 1. The molecule has 0 saturated heterocycles. The van der Waals surface area contributed by atoms with Crippen molar-refractivity contribution in [2.75, 3.05) is 0 Å². The van der Waals surface area contributed by atoms with E-state index in [1.807, 2.05) is 6.92 Å². The molecule has 4 nitrogen and oxygen atoms in total. The molecule has 1 atom stereocenters. The number of nitrogens with one attached hydrogen (secondary N) is 1. The second-order valence-corrected chi connectivity index (χ2v) is 5.21. The van der Waals surface area contributed by atoms with Crippen LogP contribution in [-0.2, 0) is 15.0 Å². The molecule has 1 aromatic carbocycles. The number of rotatable bonds is 6. The zero-order valence-corrected chi connectivity index (χ0v) is 11.4. The Labute approximate surface area is 117 Å². The Morgan fingerprint density at radius 3 is 2.55 bits per heavy atom. The molecule has 20 heavy (non-hydrogen) atoms. The first-order valence-electron chi connectivity index (χ1n) is 6.80. The van der Waals surface area contributed by atoms with Gasteiger partial charge in [-0.05, 0) is 25.3 Å². The van der Waals surface area contributed by atoms with Crippen molar-refractivity contribution in [1.29, 1.82) is 0 Å². The molecule has 1 saturated carbocycles. The van der Waals surface area contributed by atoms with Crippen LogP contribution in [-0.4, -0.2) is 23.0 Å². The fourth-order valence-corrected chi connectivity index (χ4v) is 2.44. The first-order chi connectivity index (χ1) is 9.51. The summed E-state index contributed by atoms with van der Waals surface area (Å²) in [6, 6.07) is 5.27. The molecule has 5 heteroatoms. The number of benzene rings is 1. The number of amides is 1. The lowest BCUT2D eigenvalue weighted by atomic mass is 9.94. The van der Waals surface area contributed by atoms with Crippen LogP contribution in [0.4, 0.5) is 4.39 Å². The van der Waals surface area contributed by atoms with Crippen molar-refractivity contribution in [3.05, 3.63) is 35.6 Å². The maximum absolute atomic E-state index is 13.8. The minimum Gasteiger partial charge on any atom is -0.480 e. The summed E-state index contributed by atoms with van der Waals surface area (Å²) in [7, 11) is 0. The minimum atomic E-state index is -1.05. The molecule has 0 aromatic heterocycles. The monoisotopic (exact) mass is 279 g/mol. The van der Waals surface area contributed by atoms with Crippen molar-refractivity contribution in [2.45, 2.75) is 44.1 Å². The Kier molecular flexibility index (Phi) is 4.06. The van der Waals surface area contributed by atoms with Gasteiger partial charge in [-0.3, -0.25) is 4.79 Å². The van der Waals surface area contributed by atoms with Gasteiger partial charge in [-0.1, -0.05) is 31.5 Å². The smallest absolute Gasteiger partial charge is 0.326 e. The van der Waals surface area contributed by atoms with E-state index in [1.165, 1.54) is 6.07 Å². The van der Waals surface area contributed by atoms with Gasteiger partial charge in [0.25, 0.3) is 0 Å². The fourth-order valence-electron chi connectivity index (χ4n) is 2.44. The highest BCUT2D eigenvalue weighted by Gasteiger charge is 2.53. The van der Waals surface area contributed by atoms with Crippen LogP contribution in [0.2, 0.25) is 0 Å². The summed E-state index contributed by atoms with van der Waals surface area (Å²) < 4.78 is 13.8. The van der Waals surface area contributed by atoms with Gasteiger partial charge in [-0.2, -0.15) is 0 Å². The van der Waals surface area contributed by atoms with Crippen LogP contribution in [0.1, 0.15) is 38.2 Å². The molecule has 0 bridgehead atoms. The van der Waals surface area contributed by atoms with Crippen LogP contribution in [0, 0.1) is 5.82 Å². The quantitative estimate of drug-likeness (QED) is 0.839. The Balaban J connectivity index is 2.17. The summed E-state index contributed by atoms with van der Waals surface area (Å²) >= 11 is 0. The van der Waals surface area contributed by atoms with Crippen molar-refractivity contribution in [1.82, 2.24) is 5.32 Å². The van der Waals surface area contributed by atoms with E-state index in [0.717, 1.165) is 0 Å². The Morgan fingerprint density at radius 1 is 1.40 bits per heavy atom. The number of halogens is 1. The summed E-state index contributed by atoms with van der Waals surface area (Å²) in [5, 5.41) is 11.6. The van der Waals surface area contributed by atoms with Crippen molar-refractivity contribution >= 4 is 11.9 Å². The molecule has 2 N–H and O–H groups in total. The summed E-state index contributed by atoms with van der Waals surface area (Å²) in [6.07, 6.45) is 2.13. The van der Waals surface area contributed by atoms with E-state index in [9.17, 15) is 14.0 Å². The second kappa shape index (κ2) is 5.61. The van der Waals surface area contributed by atoms with Gasteiger partial charge in [-0.15, -0.1) is 0 Å². The van der Waals surface area contributed by atoms with Crippen LogP contribution in [0.3, 0.4) is 0 Å². The van der Waals surface area contributed by atoms with E-state index >= 15 is 0 Å². The van der Waals surface area contributed by atoms with Crippen LogP contribution in [0.5, 0.6) is 0 Å². The molecular weight excluding hydrogens is 261 g/mol. The van der Waals surface area contributed by atoms with Gasteiger partial charge in [0.1, 0.15) is 11.9 Å². The van der Waals surface area contributed by atoms with E-state index in [4.69, 9.17) is 5.11 Å². The van der Waals surface area contributed by atoms with Gasteiger partial charge in [0.05, 0.1) is 5.41 Å². The topological polar surface area (TPSA) is 66.4 Å². The maximum atomic E-state index is 13.8. The van der Waals surface area contributed by atoms with Crippen molar-refractivity contribution in [2.24, 2.45) is 0 Å². The van der Waals surface area contributed by atoms with E-state index in [-0.39, 0.29) is 5.91 Å². The molecule has 2 rings (SSSR count). The number of carboxylic acid groups (broad SMARTS) is 1. The van der Waals surface area contributed by atoms with Gasteiger partial charge in [0.15, 0.2) is 0 Å². The molecule has 1 unspecified atom stereocenters. The number of hydrogen-bond donors (Lipinski definition) is 2. The van der Waals surface area contributed by atoms with E-state index in [1.54, 1.807) is 18.2 Å². The van der Waals surface area contributed by atoms with Crippen molar-refractivity contribution in [3.63, 3.8) is 0 Å². The lowest BCUT2D eigenvalue weighted by molar-refractivity contribution is -0.142. The van der Waals surface area contributed by atoms with Gasteiger partial charge >= 0.3 is 5.97 Å². The highest BCUT2D eigenvalue weighted by molar-refractivity contribution is 5.94. The Morgan fingerprint density at radius 2 is 2.05 bits per heavy atom. The molecule has 1 fully saturated rings. The zero-order valence-electron chi connectivity index (χ0n) is 11.4. The zero-order chi connectivity index (χ0) is 14.8. The molecule has 1 aliphatic rings. The molecule has 1 amide bonds. The molecule has 0 radical (unpaired) electrons. The van der Waals surface area contributed by atoms with E-state index in [0.29, 0.717) is 31.2 Å². The number of hydrogen-bond acceptors (Lipinski definition) is 2. The SMILES string of the molecule is CCCC(NC(=O)C1(c2ccccc2F)CC1)C(=O)O. The highest BCUT2D eigenvalue weighted by Crippen LogP contribution is 2.49. The van der Waals surface area contributed by atoms with Crippen molar-refractivity contribution in [3.8, 4) is 0 Å². The predicted octanol–water partition coefficient (Wildman–Crippen LogP) is 2.23. The summed E-state index contributed by atoms with van der Waals surface area (Å²) in [5.41, 5.74) is -0.523. The average Bonchev–Trinajstić information content (AvgIpc) is 3.20. The van der Waals surface area contributed by atoms with Crippen LogP contribution < -0.4 is 5.32 Å². The number of carboxylic acids is 1. The van der Waals surface area contributed by atoms with Crippen molar-refractivity contribution < 1.29 is 19.1 Å². The van der Waals surface area contributed by atoms with Crippen LogP contribution in [0.15, 0.2) is 24.3 Å².